The molecule has 0 aromatic heterocycles. The Labute approximate surface area is 148 Å². The van der Waals surface area contributed by atoms with Crippen molar-refractivity contribution in [2.24, 2.45) is 10.2 Å². The van der Waals surface area contributed by atoms with E-state index in [2.05, 4.69) is 28.4 Å². The number of fused-ring (bicyclic) bond motifs is 2. The van der Waals surface area contributed by atoms with Crippen molar-refractivity contribution in [3.05, 3.63) is 78.9 Å². The second-order valence-corrected chi connectivity index (χ2v) is 5.99. The molecule has 4 rings (SSSR count). The lowest BCUT2D eigenvalue weighted by molar-refractivity contribution is 1.24. The Hall–Kier alpha value is -3.14. The minimum Gasteiger partial charge on any atom is -0.427 e. The molecule has 0 spiro atoms. The Balaban J connectivity index is 1.77. The molecule has 0 aliphatic rings. The van der Waals surface area contributed by atoms with Gasteiger partial charge in [-0.1, -0.05) is 54.6 Å². The predicted molar refractivity (Wildman–Crippen MR) is 106 cm³/mol. The van der Waals surface area contributed by atoms with E-state index >= 15 is 0 Å². The van der Waals surface area contributed by atoms with Gasteiger partial charge in [0.05, 0.1) is 11.4 Å². The first-order valence-corrected chi connectivity index (χ1v) is 8.13. The van der Waals surface area contributed by atoms with Crippen LogP contribution >= 0.6 is 0 Å². The summed E-state index contributed by atoms with van der Waals surface area (Å²) in [6.07, 6.45) is 0. The highest BCUT2D eigenvalue weighted by Gasteiger charge is 2.06. The minimum absolute atomic E-state index is 0.828. The largest absolute Gasteiger partial charge is 0.427 e. The lowest BCUT2D eigenvalue weighted by Crippen LogP contribution is -2.11. The van der Waals surface area contributed by atoms with E-state index in [1.54, 1.807) is 4.81 Å². The maximum absolute atomic E-state index is 5.93. The smallest absolute Gasteiger partial charge is 0.226 e. The van der Waals surface area contributed by atoms with Crippen LogP contribution in [-0.4, -0.2) is 15.0 Å². The van der Waals surface area contributed by atoms with Crippen molar-refractivity contribution in [3.63, 3.8) is 0 Å². The fourth-order valence-corrected chi connectivity index (χ4v) is 3.01. The van der Waals surface area contributed by atoms with Crippen molar-refractivity contribution >= 4 is 46.6 Å². The number of rotatable bonds is 3. The molecule has 0 heterocycles. The van der Waals surface area contributed by atoms with Crippen LogP contribution in [0.15, 0.2) is 89.1 Å². The summed E-state index contributed by atoms with van der Waals surface area (Å²) in [5.74, 6) is 0. The van der Waals surface area contributed by atoms with Gasteiger partial charge in [-0.3, -0.25) is 0 Å². The molecule has 0 fully saturated rings. The van der Waals surface area contributed by atoms with Crippen LogP contribution in [0.1, 0.15) is 0 Å². The standard InChI is InChI=1S/C21H16BN3/c1-25(22)21-13-12-20(18-8-4-5-9-19(18)21)24-23-17-11-10-15-6-2-3-7-16(15)14-17/h2-14H,1H3. The highest BCUT2D eigenvalue weighted by molar-refractivity contribution is 6.20. The molecule has 4 heteroatoms. The lowest BCUT2D eigenvalue weighted by Gasteiger charge is -2.16. The van der Waals surface area contributed by atoms with Crippen molar-refractivity contribution in [1.82, 2.24) is 0 Å². The zero-order chi connectivity index (χ0) is 17.2. The number of benzene rings is 4. The van der Waals surface area contributed by atoms with Gasteiger partial charge in [0.2, 0.25) is 7.98 Å². The third-order valence-electron chi connectivity index (χ3n) is 4.26. The third-order valence-corrected chi connectivity index (χ3v) is 4.26. The molecule has 2 radical (unpaired) electrons. The third kappa shape index (κ3) is 2.99. The summed E-state index contributed by atoms with van der Waals surface area (Å²) in [6, 6.07) is 26.3. The molecule has 25 heavy (non-hydrogen) atoms. The molecule has 0 aliphatic carbocycles. The van der Waals surface area contributed by atoms with Gasteiger partial charge in [0, 0.05) is 16.5 Å². The molecular weight excluding hydrogens is 305 g/mol. The van der Waals surface area contributed by atoms with Gasteiger partial charge >= 0.3 is 0 Å². The van der Waals surface area contributed by atoms with E-state index < -0.39 is 0 Å². The number of azo groups is 1. The zero-order valence-electron chi connectivity index (χ0n) is 13.9. The van der Waals surface area contributed by atoms with Gasteiger partial charge in [-0.2, -0.15) is 5.11 Å². The molecular formula is C21H16BN3. The number of anilines is 1. The quantitative estimate of drug-likeness (QED) is 0.339. The van der Waals surface area contributed by atoms with Crippen LogP contribution in [-0.2, 0) is 0 Å². The minimum atomic E-state index is 0.828. The molecule has 118 valence electrons. The predicted octanol–water partition coefficient (Wildman–Crippen LogP) is 5.93. The summed E-state index contributed by atoms with van der Waals surface area (Å²) in [5.41, 5.74) is 2.62. The van der Waals surface area contributed by atoms with Crippen LogP contribution < -0.4 is 4.81 Å². The van der Waals surface area contributed by atoms with Crippen LogP contribution in [0.3, 0.4) is 0 Å². The highest BCUT2D eigenvalue weighted by atomic mass is 15.1. The summed E-state index contributed by atoms with van der Waals surface area (Å²) in [6.45, 7) is 0. The van der Waals surface area contributed by atoms with Crippen molar-refractivity contribution in [1.29, 1.82) is 0 Å². The van der Waals surface area contributed by atoms with Crippen molar-refractivity contribution in [3.8, 4) is 0 Å². The monoisotopic (exact) mass is 321 g/mol. The average molecular weight is 321 g/mol. The fourth-order valence-electron chi connectivity index (χ4n) is 3.01. The fraction of sp³-hybridized carbons (Fsp3) is 0.0476. The van der Waals surface area contributed by atoms with Crippen LogP contribution in [0.2, 0.25) is 0 Å². The van der Waals surface area contributed by atoms with Gasteiger partial charge in [-0.05, 0) is 42.1 Å². The molecule has 3 nitrogen and oxygen atoms in total. The second-order valence-electron chi connectivity index (χ2n) is 5.99. The molecule has 0 atom stereocenters. The Morgan fingerprint density at radius 3 is 2.24 bits per heavy atom. The first kappa shape index (κ1) is 15.4. The van der Waals surface area contributed by atoms with E-state index in [9.17, 15) is 0 Å². The lowest BCUT2D eigenvalue weighted by atomic mass is 10.0. The summed E-state index contributed by atoms with van der Waals surface area (Å²) in [7, 11) is 7.76. The van der Waals surface area contributed by atoms with Gasteiger partial charge < -0.3 is 4.81 Å². The van der Waals surface area contributed by atoms with Crippen LogP contribution in [0.25, 0.3) is 21.5 Å². The average Bonchev–Trinajstić information content (AvgIpc) is 2.65. The SMILES string of the molecule is [B]N(C)c1ccc(N=Nc2ccc3ccccc3c2)c2ccccc12. The highest BCUT2D eigenvalue weighted by Crippen LogP contribution is 2.34. The molecule has 0 saturated carbocycles. The van der Waals surface area contributed by atoms with Gasteiger partial charge in [-0.15, -0.1) is 5.11 Å². The summed E-state index contributed by atoms with van der Waals surface area (Å²) < 4.78 is 0. The van der Waals surface area contributed by atoms with E-state index in [4.69, 9.17) is 7.98 Å². The molecule has 0 saturated heterocycles. The van der Waals surface area contributed by atoms with Crippen molar-refractivity contribution in [2.45, 2.75) is 0 Å². The van der Waals surface area contributed by atoms with Crippen LogP contribution in [0, 0.1) is 0 Å². The zero-order valence-corrected chi connectivity index (χ0v) is 13.9. The Morgan fingerprint density at radius 1 is 0.720 bits per heavy atom. The van der Waals surface area contributed by atoms with Gasteiger partial charge in [0.25, 0.3) is 0 Å². The maximum Gasteiger partial charge on any atom is 0.226 e. The summed E-state index contributed by atoms with van der Waals surface area (Å²) in [4.78, 5) is 1.62. The second kappa shape index (κ2) is 6.40. The molecule has 0 N–H and O–H groups in total. The topological polar surface area (TPSA) is 28.0 Å². The van der Waals surface area contributed by atoms with E-state index in [0.717, 1.165) is 33.2 Å². The normalized spacial score (nSPS) is 11.4. The van der Waals surface area contributed by atoms with Crippen molar-refractivity contribution in [2.75, 3.05) is 11.9 Å². The van der Waals surface area contributed by atoms with E-state index in [1.807, 2.05) is 67.7 Å². The first-order chi connectivity index (χ1) is 12.2. The molecule has 0 aliphatic heterocycles. The van der Waals surface area contributed by atoms with Crippen molar-refractivity contribution < 1.29 is 0 Å². The van der Waals surface area contributed by atoms with Gasteiger partial charge in [-0.25, -0.2) is 0 Å². The number of hydrogen-bond donors (Lipinski definition) is 0. The number of nitrogens with zero attached hydrogens (tertiary/aromatic N) is 3. The molecule has 0 bridgehead atoms. The van der Waals surface area contributed by atoms with Crippen LogP contribution in [0.4, 0.5) is 17.1 Å². The molecule has 4 aromatic rings. The Morgan fingerprint density at radius 2 is 1.44 bits per heavy atom. The van der Waals surface area contributed by atoms with Gasteiger partial charge in [0.15, 0.2) is 0 Å². The summed E-state index contributed by atoms with van der Waals surface area (Å²) >= 11 is 0. The molecule has 0 amide bonds. The maximum atomic E-state index is 5.93. The van der Waals surface area contributed by atoms with Crippen LogP contribution in [0.5, 0.6) is 0 Å². The van der Waals surface area contributed by atoms with E-state index in [0.29, 0.717) is 0 Å². The van der Waals surface area contributed by atoms with Gasteiger partial charge in [0.1, 0.15) is 0 Å². The Kier molecular flexibility index (Phi) is 3.94. The number of hydrogen-bond acceptors (Lipinski definition) is 3. The van der Waals surface area contributed by atoms with E-state index in [1.165, 1.54) is 5.39 Å². The summed E-state index contributed by atoms with van der Waals surface area (Å²) in [5, 5.41) is 13.3. The first-order valence-electron chi connectivity index (χ1n) is 8.13. The molecule has 4 aromatic carbocycles. The van der Waals surface area contributed by atoms with E-state index in [-0.39, 0.29) is 0 Å². The molecule has 0 unspecified atom stereocenters. The Bertz CT molecular complexity index is 1090.